The van der Waals surface area contributed by atoms with E-state index in [-0.39, 0.29) is 18.3 Å². The van der Waals surface area contributed by atoms with Crippen molar-refractivity contribution in [3.05, 3.63) is 42.5 Å². The molecule has 0 aliphatic carbocycles. The lowest BCUT2D eigenvalue weighted by Gasteiger charge is -2.13. The van der Waals surface area contributed by atoms with Gasteiger partial charge in [-0.05, 0) is 24.3 Å². The normalized spacial score (nSPS) is 21.8. The highest BCUT2D eigenvalue weighted by Gasteiger charge is 2.35. The van der Waals surface area contributed by atoms with Gasteiger partial charge in [0, 0.05) is 12.0 Å². The molecule has 3 heterocycles. The molecule has 3 atom stereocenters. The van der Waals surface area contributed by atoms with Crippen molar-refractivity contribution in [2.24, 2.45) is 0 Å². The molecule has 0 saturated carbocycles. The van der Waals surface area contributed by atoms with E-state index >= 15 is 0 Å². The number of hydrogen-bond donors (Lipinski definition) is 3. The zero-order valence-electron chi connectivity index (χ0n) is 15.0. The summed E-state index contributed by atoms with van der Waals surface area (Å²) in [4.78, 5) is 25.1. The minimum absolute atomic E-state index is 0.266. The van der Waals surface area contributed by atoms with Gasteiger partial charge in [-0.25, -0.2) is 15.0 Å². The number of anilines is 1. The number of nitrogens with one attached hydrogen (secondary N) is 1. The first kappa shape index (κ1) is 18.3. The van der Waals surface area contributed by atoms with E-state index in [9.17, 15) is 15.0 Å². The number of aliphatic hydroxyl groups excluding tert-OH is 2. The molecule has 1 fully saturated rings. The molecule has 1 unspecified atom stereocenters. The zero-order chi connectivity index (χ0) is 19.7. The van der Waals surface area contributed by atoms with Crippen LogP contribution in [-0.2, 0) is 4.74 Å². The summed E-state index contributed by atoms with van der Waals surface area (Å²) in [5.41, 5.74) is 1.30. The maximum atomic E-state index is 12.5. The third kappa shape index (κ3) is 3.28. The molecule has 1 aromatic carbocycles. The summed E-state index contributed by atoms with van der Waals surface area (Å²) in [6, 6.07) is 6.68. The summed E-state index contributed by atoms with van der Waals surface area (Å²) in [6.45, 7) is -0.275. The van der Waals surface area contributed by atoms with Gasteiger partial charge in [0.2, 0.25) is 0 Å². The number of carbonyl (C=O) groups is 1. The first-order chi connectivity index (χ1) is 13.6. The average molecular weight is 385 g/mol. The van der Waals surface area contributed by atoms with Gasteiger partial charge in [0.15, 0.2) is 17.0 Å². The molecule has 4 rings (SSSR count). The van der Waals surface area contributed by atoms with Crippen LogP contribution in [0.4, 0.5) is 5.82 Å². The monoisotopic (exact) mass is 385 g/mol. The van der Waals surface area contributed by atoms with E-state index in [1.54, 1.807) is 35.9 Å². The number of aromatic nitrogens is 4. The number of ether oxygens (including phenoxy) is 2. The Kier molecular flexibility index (Phi) is 4.90. The Labute approximate surface area is 159 Å². The highest BCUT2D eigenvalue weighted by atomic mass is 16.5. The van der Waals surface area contributed by atoms with Gasteiger partial charge in [-0.15, -0.1) is 0 Å². The molecule has 1 aliphatic rings. The Morgan fingerprint density at radius 3 is 2.79 bits per heavy atom. The maximum absolute atomic E-state index is 12.5. The molecule has 28 heavy (non-hydrogen) atoms. The molecule has 1 amide bonds. The molecule has 1 saturated heterocycles. The van der Waals surface area contributed by atoms with E-state index in [0.717, 1.165) is 0 Å². The predicted octanol–water partition coefficient (Wildman–Crippen LogP) is 0.728. The summed E-state index contributed by atoms with van der Waals surface area (Å²) in [7, 11) is 1.55. The van der Waals surface area contributed by atoms with Crippen LogP contribution in [0.1, 0.15) is 23.0 Å². The third-order valence-corrected chi connectivity index (χ3v) is 4.64. The molecule has 0 spiro atoms. The highest BCUT2D eigenvalue weighted by Crippen LogP contribution is 2.31. The minimum Gasteiger partial charge on any atom is -0.497 e. The van der Waals surface area contributed by atoms with Crippen LogP contribution in [0.2, 0.25) is 0 Å². The van der Waals surface area contributed by atoms with Gasteiger partial charge in [-0.2, -0.15) is 0 Å². The van der Waals surface area contributed by atoms with E-state index in [1.807, 2.05) is 0 Å². The van der Waals surface area contributed by atoms with Gasteiger partial charge < -0.3 is 25.0 Å². The molecule has 3 N–H and O–H groups in total. The van der Waals surface area contributed by atoms with Gasteiger partial charge in [0.05, 0.1) is 26.1 Å². The standard InChI is InChI=1S/C18H19N5O5/c1-27-11-4-2-10(3-5-11)18(26)22-16-15-17(20-8-19-16)23(9-21-15)14-6-12(25)13(7-24)28-14/h2-5,8-9,12-14,24-25H,6-7H2,1H3,(H,19,20,22,26)/t12?,13-,14-/m1/s1. The van der Waals surface area contributed by atoms with Gasteiger partial charge in [-0.3, -0.25) is 9.36 Å². The molecule has 1 aliphatic heterocycles. The van der Waals surface area contributed by atoms with Gasteiger partial charge in [0.1, 0.15) is 24.4 Å². The second-order valence-electron chi connectivity index (χ2n) is 6.34. The number of fused-ring (bicyclic) bond motifs is 1. The fourth-order valence-electron chi connectivity index (χ4n) is 3.13. The van der Waals surface area contributed by atoms with Crippen LogP contribution in [-0.4, -0.2) is 61.6 Å². The summed E-state index contributed by atoms with van der Waals surface area (Å²) in [6.07, 6.45) is 1.19. The minimum atomic E-state index is -0.775. The third-order valence-electron chi connectivity index (χ3n) is 4.64. The summed E-state index contributed by atoms with van der Waals surface area (Å²) in [5.74, 6) is 0.576. The number of hydrogen-bond acceptors (Lipinski definition) is 8. The topological polar surface area (TPSA) is 132 Å². The smallest absolute Gasteiger partial charge is 0.256 e. The summed E-state index contributed by atoms with van der Waals surface area (Å²) >= 11 is 0. The lowest BCUT2D eigenvalue weighted by molar-refractivity contribution is -0.0432. The van der Waals surface area contributed by atoms with Crippen molar-refractivity contribution < 1.29 is 24.5 Å². The van der Waals surface area contributed by atoms with Crippen molar-refractivity contribution in [2.75, 3.05) is 19.0 Å². The Morgan fingerprint density at radius 1 is 1.32 bits per heavy atom. The Morgan fingerprint density at radius 2 is 2.11 bits per heavy atom. The molecule has 0 radical (unpaired) electrons. The number of amides is 1. The van der Waals surface area contributed by atoms with Gasteiger partial charge in [0.25, 0.3) is 5.91 Å². The van der Waals surface area contributed by atoms with Crippen LogP contribution in [0.5, 0.6) is 5.75 Å². The number of carbonyl (C=O) groups excluding carboxylic acids is 1. The van der Waals surface area contributed by atoms with Crippen LogP contribution in [0.25, 0.3) is 11.2 Å². The lowest BCUT2D eigenvalue weighted by Crippen LogP contribution is -2.24. The number of nitrogens with zero attached hydrogens (tertiary/aromatic N) is 4. The SMILES string of the molecule is COc1ccc(C(=O)Nc2ncnc3c2ncn3[C@H]2CC(O)[C@@H](CO)O2)cc1. The van der Waals surface area contributed by atoms with Crippen molar-refractivity contribution in [3.63, 3.8) is 0 Å². The van der Waals surface area contributed by atoms with E-state index in [1.165, 1.54) is 12.7 Å². The first-order valence-electron chi connectivity index (χ1n) is 8.68. The molecular formula is C18H19N5O5. The second-order valence-corrected chi connectivity index (χ2v) is 6.34. The van der Waals surface area contributed by atoms with Crippen LogP contribution in [0.3, 0.4) is 0 Å². The largest absolute Gasteiger partial charge is 0.497 e. The van der Waals surface area contributed by atoms with Crippen LogP contribution >= 0.6 is 0 Å². The van der Waals surface area contributed by atoms with E-state index in [2.05, 4.69) is 20.3 Å². The van der Waals surface area contributed by atoms with E-state index in [0.29, 0.717) is 28.9 Å². The Bertz CT molecular complexity index is 990. The molecule has 10 heteroatoms. The number of aliphatic hydroxyl groups is 2. The predicted molar refractivity (Wildman–Crippen MR) is 97.9 cm³/mol. The molecule has 10 nitrogen and oxygen atoms in total. The van der Waals surface area contributed by atoms with Crippen molar-refractivity contribution >= 4 is 22.9 Å². The Balaban J connectivity index is 1.59. The number of methoxy groups -OCH3 is 1. The van der Waals surface area contributed by atoms with Gasteiger partial charge in [-0.1, -0.05) is 0 Å². The van der Waals surface area contributed by atoms with Crippen LogP contribution < -0.4 is 10.1 Å². The van der Waals surface area contributed by atoms with Gasteiger partial charge >= 0.3 is 0 Å². The molecule has 3 aromatic rings. The maximum Gasteiger partial charge on any atom is 0.256 e. The van der Waals surface area contributed by atoms with Crippen LogP contribution in [0, 0.1) is 0 Å². The number of benzene rings is 1. The first-order valence-corrected chi connectivity index (χ1v) is 8.68. The van der Waals surface area contributed by atoms with Crippen molar-refractivity contribution in [1.29, 1.82) is 0 Å². The van der Waals surface area contributed by atoms with Crippen molar-refractivity contribution in [1.82, 2.24) is 19.5 Å². The number of imidazole rings is 1. The highest BCUT2D eigenvalue weighted by molar-refractivity contribution is 6.06. The fourth-order valence-corrected chi connectivity index (χ4v) is 3.13. The molecular weight excluding hydrogens is 366 g/mol. The Hall–Kier alpha value is -3.08. The van der Waals surface area contributed by atoms with E-state index < -0.39 is 18.4 Å². The van der Waals surface area contributed by atoms with E-state index in [4.69, 9.17) is 9.47 Å². The molecule has 2 aromatic heterocycles. The summed E-state index contributed by atoms with van der Waals surface area (Å²) < 4.78 is 12.4. The van der Waals surface area contributed by atoms with Crippen molar-refractivity contribution in [2.45, 2.75) is 24.9 Å². The molecule has 0 bridgehead atoms. The molecule has 146 valence electrons. The average Bonchev–Trinajstić information content (AvgIpc) is 3.31. The summed E-state index contributed by atoms with van der Waals surface area (Å²) in [5, 5.41) is 21.9. The zero-order valence-corrected chi connectivity index (χ0v) is 15.0. The second kappa shape index (κ2) is 7.50. The number of rotatable bonds is 5. The van der Waals surface area contributed by atoms with Crippen LogP contribution in [0.15, 0.2) is 36.9 Å². The van der Waals surface area contributed by atoms with Crippen molar-refractivity contribution in [3.8, 4) is 5.75 Å². The fraction of sp³-hybridized carbons (Fsp3) is 0.333. The quantitative estimate of drug-likeness (QED) is 0.586. The lowest BCUT2D eigenvalue weighted by atomic mass is 10.2.